The van der Waals surface area contributed by atoms with Crippen LogP contribution in [0.5, 0.6) is 0 Å². The molecule has 1 aromatic rings. The van der Waals surface area contributed by atoms with E-state index in [9.17, 15) is 0 Å². The summed E-state index contributed by atoms with van der Waals surface area (Å²) in [4.78, 5) is 0. The maximum atomic E-state index is 8.01. The molecule has 0 saturated heterocycles. The maximum absolute atomic E-state index is 8.01. The lowest BCUT2D eigenvalue weighted by Crippen LogP contribution is -2.41. The molecule has 0 amide bonds. The highest BCUT2D eigenvalue weighted by Gasteiger charge is 2.26. The molecule has 3 rings (SSSR count). The summed E-state index contributed by atoms with van der Waals surface area (Å²) in [5.41, 5.74) is 4.87. The highest BCUT2D eigenvalue weighted by atomic mass is 15.1. The lowest BCUT2D eigenvalue weighted by atomic mass is 9.77. The topological polar surface area (TPSA) is 59.9 Å². The molecule has 0 aromatic heterocycles. The van der Waals surface area contributed by atoms with Crippen LogP contribution < -0.4 is 16.0 Å². The largest absolute Gasteiger partial charge is 0.369 e. The monoisotopic (exact) mass is 366 g/mol. The average molecular weight is 367 g/mol. The van der Waals surface area contributed by atoms with Crippen molar-refractivity contribution in [1.29, 1.82) is 5.41 Å². The van der Waals surface area contributed by atoms with Crippen LogP contribution in [0, 0.1) is 24.2 Å². The van der Waals surface area contributed by atoms with E-state index in [0.29, 0.717) is 11.8 Å². The molecule has 27 heavy (non-hydrogen) atoms. The van der Waals surface area contributed by atoms with Gasteiger partial charge in [-0.2, -0.15) is 0 Å². The summed E-state index contributed by atoms with van der Waals surface area (Å²) >= 11 is 0. The zero-order chi connectivity index (χ0) is 19.4. The molecule has 0 bridgehead atoms. The highest BCUT2D eigenvalue weighted by Crippen LogP contribution is 2.32. The van der Waals surface area contributed by atoms with Crippen LogP contribution in [0.25, 0.3) is 0 Å². The SMILES string of the molecule is CC[C@H]1CC[C@@H](NC2=CC=C(Nc3c(C)cccc3C(C)=N)CN2)C[C@H]1C. The van der Waals surface area contributed by atoms with Gasteiger partial charge in [0.25, 0.3) is 0 Å². The molecule has 4 nitrogen and oxygen atoms in total. The summed E-state index contributed by atoms with van der Waals surface area (Å²) in [6.07, 6.45) is 9.46. The number of hydrogen-bond acceptors (Lipinski definition) is 4. The minimum Gasteiger partial charge on any atom is -0.369 e. The van der Waals surface area contributed by atoms with E-state index in [1.165, 1.54) is 25.7 Å². The molecule has 2 aliphatic rings. The van der Waals surface area contributed by atoms with Crippen LogP contribution in [0.3, 0.4) is 0 Å². The first kappa shape index (κ1) is 19.5. The molecule has 0 spiro atoms. The van der Waals surface area contributed by atoms with Gasteiger partial charge in [0.05, 0.1) is 18.1 Å². The number of benzene rings is 1. The second-order valence-electron chi connectivity index (χ2n) is 8.17. The summed E-state index contributed by atoms with van der Waals surface area (Å²) in [6.45, 7) is 9.41. The molecule has 0 radical (unpaired) electrons. The van der Waals surface area contributed by atoms with Gasteiger partial charge in [0.1, 0.15) is 0 Å². The first-order valence-corrected chi connectivity index (χ1v) is 10.3. The van der Waals surface area contributed by atoms with Gasteiger partial charge in [0, 0.05) is 23.0 Å². The van der Waals surface area contributed by atoms with E-state index in [2.05, 4.69) is 54.9 Å². The molecule has 0 unspecified atom stereocenters. The van der Waals surface area contributed by atoms with Gasteiger partial charge >= 0.3 is 0 Å². The minimum absolute atomic E-state index is 0.577. The minimum atomic E-state index is 0.577. The Balaban J connectivity index is 1.63. The van der Waals surface area contributed by atoms with E-state index in [-0.39, 0.29) is 0 Å². The van der Waals surface area contributed by atoms with Crippen LogP contribution in [0.1, 0.15) is 57.6 Å². The fourth-order valence-corrected chi connectivity index (χ4v) is 4.40. The van der Waals surface area contributed by atoms with Crippen molar-refractivity contribution in [2.45, 2.75) is 59.4 Å². The molecule has 1 aliphatic heterocycles. The number of hydrogen-bond donors (Lipinski definition) is 4. The molecule has 4 heteroatoms. The van der Waals surface area contributed by atoms with E-state index in [4.69, 9.17) is 5.41 Å². The summed E-state index contributed by atoms with van der Waals surface area (Å²) in [5, 5.41) is 18.8. The molecule has 1 aromatic carbocycles. The number of dihydropyridines is 1. The number of para-hydroxylation sites is 1. The van der Waals surface area contributed by atoms with Crippen molar-refractivity contribution in [3.8, 4) is 0 Å². The van der Waals surface area contributed by atoms with E-state index >= 15 is 0 Å². The van der Waals surface area contributed by atoms with Gasteiger partial charge in [-0.1, -0.05) is 38.5 Å². The Morgan fingerprint density at radius 2 is 2.07 bits per heavy atom. The summed E-state index contributed by atoms with van der Waals surface area (Å²) in [5.74, 6) is 2.83. The molecular formula is C23H34N4. The maximum Gasteiger partial charge on any atom is 0.0992 e. The van der Waals surface area contributed by atoms with Crippen molar-refractivity contribution in [3.05, 3.63) is 53.0 Å². The van der Waals surface area contributed by atoms with E-state index < -0.39 is 0 Å². The fraction of sp³-hybridized carbons (Fsp3) is 0.522. The summed E-state index contributed by atoms with van der Waals surface area (Å²) in [7, 11) is 0. The van der Waals surface area contributed by atoms with Crippen LogP contribution in [0.15, 0.2) is 41.9 Å². The van der Waals surface area contributed by atoms with Gasteiger partial charge < -0.3 is 21.4 Å². The Bertz CT molecular complexity index is 747. The van der Waals surface area contributed by atoms with Crippen molar-refractivity contribution < 1.29 is 0 Å². The Kier molecular flexibility index (Phi) is 6.25. The van der Waals surface area contributed by atoms with Crippen molar-refractivity contribution in [2.24, 2.45) is 11.8 Å². The number of rotatable bonds is 6. The average Bonchev–Trinajstić information content (AvgIpc) is 2.65. The Morgan fingerprint density at radius 1 is 1.26 bits per heavy atom. The smallest absolute Gasteiger partial charge is 0.0992 e. The zero-order valence-corrected chi connectivity index (χ0v) is 17.2. The van der Waals surface area contributed by atoms with Gasteiger partial charge in [0.15, 0.2) is 0 Å². The molecule has 4 N–H and O–H groups in total. The Morgan fingerprint density at radius 3 is 2.70 bits per heavy atom. The number of anilines is 1. The number of nitrogens with one attached hydrogen (secondary N) is 4. The van der Waals surface area contributed by atoms with Crippen LogP contribution >= 0.6 is 0 Å². The zero-order valence-electron chi connectivity index (χ0n) is 17.2. The van der Waals surface area contributed by atoms with E-state index in [1.807, 2.05) is 19.1 Å². The molecule has 1 saturated carbocycles. The van der Waals surface area contributed by atoms with Gasteiger partial charge in [-0.25, -0.2) is 0 Å². The summed E-state index contributed by atoms with van der Waals surface area (Å²) in [6, 6.07) is 6.68. The predicted molar refractivity (Wildman–Crippen MR) is 115 cm³/mol. The third kappa shape index (κ3) is 4.74. The third-order valence-electron chi connectivity index (χ3n) is 6.11. The molecule has 1 aliphatic carbocycles. The van der Waals surface area contributed by atoms with Gasteiger partial charge in [0.2, 0.25) is 0 Å². The molecule has 146 valence electrons. The second-order valence-corrected chi connectivity index (χ2v) is 8.17. The quantitative estimate of drug-likeness (QED) is 0.540. The summed E-state index contributed by atoms with van der Waals surface area (Å²) < 4.78 is 0. The van der Waals surface area contributed by atoms with Crippen LogP contribution in [0.4, 0.5) is 5.69 Å². The molecule has 3 atom stereocenters. The van der Waals surface area contributed by atoms with Crippen LogP contribution in [-0.4, -0.2) is 18.3 Å². The fourth-order valence-electron chi connectivity index (χ4n) is 4.40. The second kappa shape index (κ2) is 8.64. The number of aryl methyl sites for hydroxylation is 1. The van der Waals surface area contributed by atoms with Crippen molar-refractivity contribution in [2.75, 3.05) is 11.9 Å². The normalized spacial score (nSPS) is 25.1. The van der Waals surface area contributed by atoms with Crippen LogP contribution in [0.2, 0.25) is 0 Å². The van der Waals surface area contributed by atoms with Gasteiger partial charge in [-0.05, 0) is 62.7 Å². The van der Waals surface area contributed by atoms with Crippen molar-refractivity contribution >= 4 is 11.4 Å². The first-order chi connectivity index (χ1) is 13.0. The van der Waals surface area contributed by atoms with Crippen LogP contribution in [-0.2, 0) is 0 Å². The lowest BCUT2D eigenvalue weighted by molar-refractivity contribution is 0.211. The molecule has 1 fully saturated rings. The van der Waals surface area contributed by atoms with Crippen molar-refractivity contribution in [1.82, 2.24) is 10.6 Å². The molecule has 1 heterocycles. The number of allylic oxidation sites excluding steroid dienone is 2. The Labute approximate surface area is 164 Å². The predicted octanol–water partition coefficient (Wildman–Crippen LogP) is 4.93. The van der Waals surface area contributed by atoms with E-state index in [1.54, 1.807) is 0 Å². The first-order valence-electron chi connectivity index (χ1n) is 10.3. The van der Waals surface area contributed by atoms with Gasteiger partial charge in [-0.3, -0.25) is 0 Å². The lowest BCUT2D eigenvalue weighted by Gasteiger charge is -2.35. The molecular weight excluding hydrogens is 332 g/mol. The standard InChI is InChI=1S/C23H34N4/c1-5-18-9-10-19(13-16(18)3)26-22-12-11-20(14-25-22)27-23-15(2)7-6-8-21(23)17(4)24/h6-8,11-12,16,18-19,24-27H,5,9-10,13-14H2,1-4H3/t16-,18+,19-/m1/s1. The van der Waals surface area contributed by atoms with Crippen molar-refractivity contribution in [3.63, 3.8) is 0 Å². The van der Waals surface area contributed by atoms with E-state index in [0.717, 1.165) is 46.7 Å². The van der Waals surface area contributed by atoms with Gasteiger partial charge in [-0.15, -0.1) is 0 Å². The third-order valence-corrected chi connectivity index (χ3v) is 6.11. The highest BCUT2D eigenvalue weighted by molar-refractivity contribution is 6.02. The Hall–Kier alpha value is -2.23.